The van der Waals surface area contributed by atoms with Gasteiger partial charge in [0, 0.05) is 42.8 Å². The minimum Gasteiger partial charge on any atom is -0.339 e. The second-order valence-electron chi connectivity index (χ2n) is 10.1. The second kappa shape index (κ2) is 13.1. The normalized spacial score (nSPS) is 14.8. The van der Waals surface area contributed by atoms with Gasteiger partial charge in [0.15, 0.2) is 5.84 Å². The summed E-state index contributed by atoms with van der Waals surface area (Å²) in [5, 5.41) is 8.85. The van der Waals surface area contributed by atoms with E-state index in [9.17, 15) is 9.59 Å². The highest BCUT2D eigenvalue weighted by Crippen LogP contribution is 2.33. The Morgan fingerprint density at radius 3 is 2.44 bits per heavy atom. The van der Waals surface area contributed by atoms with Gasteiger partial charge >= 0.3 is 0 Å². The first-order valence-electron chi connectivity index (χ1n) is 14.0. The summed E-state index contributed by atoms with van der Waals surface area (Å²) in [4.78, 5) is 38.9. The summed E-state index contributed by atoms with van der Waals surface area (Å²) >= 11 is 0. The first kappa shape index (κ1) is 27.9. The molecule has 0 saturated carbocycles. The van der Waals surface area contributed by atoms with Crippen molar-refractivity contribution in [3.05, 3.63) is 95.1 Å². The maximum absolute atomic E-state index is 13.6. The Morgan fingerprint density at radius 2 is 1.73 bits per heavy atom. The van der Waals surface area contributed by atoms with Crippen molar-refractivity contribution in [3.8, 4) is 11.1 Å². The molecule has 5 rings (SSSR count). The third-order valence-electron chi connectivity index (χ3n) is 7.15. The predicted molar refractivity (Wildman–Crippen MR) is 159 cm³/mol. The Bertz CT molecular complexity index is 1480. The summed E-state index contributed by atoms with van der Waals surface area (Å²) in [6.07, 6.45) is 4.84. The van der Waals surface area contributed by atoms with Crippen LogP contribution in [0, 0.1) is 0 Å². The number of hydrogen-bond acceptors (Lipinski definition) is 6. The fourth-order valence-electron chi connectivity index (χ4n) is 5.01. The Balaban J connectivity index is 1.40. The maximum atomic E-state index is 13.6. The molecule has 2 aliphatic rings. The lowest BCUT2D eigenvalue weighted by atomic mass is 10.00. The van der Waals surface area contributed by atoms with Gasteiger partial charge in [0.05, 0.1) is 5.69 Å². The number of amides is 2. The molecular formula is C32H34N6O3. The van der Waals surface area contributed by atoms with Gasteiger partial charge in [-0.3, -0.25) is 14.4 Å². The van der Waals surface area contributed by atoms with Gasteiger partial charge in [0.2, 0.25) is 0 Å². The number of hydroxylamine groups is 2. The lowest BCUT2D eigenvalue weighted by Gasteiger charge is -2.22. The molecule has 0 aromatic heterocycles. The fourth-order valence-corrected chi connectivity index (χ4v) is 5.01. The van der Waals surface area contributed by atoms with Gasteiger partial charge in [-0.25, -0.2) is 10.1 Å². The summed E-state index contributed by atoms with van der Waals surface area (Å²) in [7, 11) is 0. The van der Waals surface area contributed by atoms with Crippen molar-refractivity contribution in [2.75, 3.05) is 19.6 Å². The third kappa shape index (κ3) is 6.75. The van der Waals surface area contributed by atoms with E-state index in [1.807, 2.05) is 90.7 Å². The van der Waals surface area contributed by atoms with E-state index >= 15 is 0 Å². The Kier molecular flexibility index (Phi) is 8.95. The number of likely N-dealkylation sites (tertiary alicyclic amines) is 1. The maximum Gasteiger partial charge on any atom is 0.273 e. The van der Waals surface area contributed by atoms with Crippen molar-refractivity contribution < 1.29 is 14.4 Å². The molecule has 210 valence electrons. The van der Waals surface area contributed by atoms with E-state index in [0.717, 1.165) is 54.6 Å². The predicted octanol–water partition coefficient (Wildman–Crippen LogP) is 6.10. The molecule has 1 fully saturated rings. The van der Waals surface area contributed by atoms with Gasteiger partial charge in [-0.2, -0.15) is 0 Å². The highest BCUT2D eigenvalue weighted by molar-refractivity contribution is 6.05. The number of benzene rings is 3. The van der Waals surface area contributed by atoms with Crippen LogP contribution in [0.25, 0.3) is 17.2 Å². The summed E-state index contributed by atoms with van der Waals surface area (Å²) in [5.41, 5.74) is 5.45. The Labute approximate surface area is 240 Å². The zero-order chi connectivity index (χ0) is 28.6. The van der Waals surface area contributed by atoms with Gasteiger partial charge in [-0.1, -0.05) is 66.7 Å². The number of nitrogens with two attached hydrogens (primary N) is 1. The molecule has 41 heavy (non-hydrogen) atoms. The molecule has 0 aliphatic carbocycles. The molecule has 2 heterocycles. The molecule has 0 unspecified atom stereocenters. The van der Waals surface area contributed by atoms with Crippen molar-refractivity contribution in [1.82, 2.24) is 9.96 Å². The van der Waals surface area contributed by atoms with E-state index in [1.165, 1.54) is 5.06 Å². The van der Waals surface area contributed by atoms with Crippen molar-refractivity contribution in [1.29, 1.82) is 0 Å². The SMILES string of the molecule is CCCN(OCc1ccccc1)C(=O)C1=Cc2ccc(-c3ccc(C(=O)N4CCCC4)cc3)cc2N=C(N=NN)C1. The molecule has 2 amide bonds. The molecular weight excluding hydrogens is 516 g/mol. The van der Waals surface area contributed by atoms with Gasteiger partial charge in [0.1, 0.15) is 6.61 Å². The van der Waals surface area contributed by atoms with Crippen LogP contribution in [-0.2, 0) is 16.2 Å². The summed E-state index contributed by atoms with van der Waals surface area (Å²) in [6, 6.07) is 23.2. The molecule has 0 atom stereocenters. The van der Waals surface area contributed by atoms with E-state index in [1.54, 1.807) is 0 Å². The number of fused-ring (bicyclic) bond motifs is 1. The lowest BCUT2D eigenvalue weighted by molar-refractivity contribution is -0.187. The minimum absolute atomic E-state index is 0.0737. The lowest BCUT2D eigenvalue weighted by Crippen LogP contribution is -2.33. The van der Waals surface area contributed by atoms with Crippen LogP contribution in [0.3, 0.4) is 0 Å². The van der Waals surface area contributed by atoms with E-state index in [0.29, 0.717) is 29.2 Å². The van der Waals surface area contributed by atoms with Crippen LogP contribution in [-0.4, -0.2) is 47.2 Å². The number of carbonyl (C=O) groups excluding carboxylic acids is 2. The van der Waals surface area contributed by atoms with Gasteiger partial charge < -0.3 is 10.7 Å². The van der Waals surface area contributed by atoms with Gasteiger partial charge in [-0.05, 0) is 60.2 Å². The Morgan fingerprint density at radius 1 is 1.00 bits per heavy atom. The topological polar surface area (TPSA) is 113 Å². The number of nitrogens with zero attached hydrogens (tertiary/aromatic N) is 5. The van der Waals surface area contributed by atoms with E-state index in [-0.39, 0.29) is 24.8 Å². The smallest absolute Gasteiger partial charge is 0.273 e. The number of amidine groups is 1. The molecule has 2 aliphatic heterocycles. The first-order valence-corrected chi connectivity index (χ1v) is 14.0. The van der Waals surface area contributed by atoms with E-state index in [2.05, 4.69) is 10.3 Å². The average molecular weight is 551 g/mol. The molecule has 0 bridgehead atoms. The first-order chi connectivity index (χ1) is 20.1. The summed E-state index contributed by atoms with van der Waals surface area (Å²) < 4.78 is 0. The summed E-state index contributed by atoms with van der Waals surface area (Å²) in [5.74, 6) is 5.53. The van der Waals surface area contributed by atoms with Crippen molar-refractivity contribution in [2.24, 2.45) is 21.2 Å². The van der Waals surface area contributed by atoms with Crippen LogP contribution in [0.4, 0.5) is 5.69 Å². The van der Waals surface area contributed by atoms with Crippen molar-refractivity contribution >= 4 is 29.4 Å². The number of hydrogen-bond donors (Lipinski definition) is 1. The highest BCUT2D eigenvalue weighted by atomic mass is 16.7. The monoisotopic (exact) mass is 550 g/mol. The van der Waals surface area contributed by atoms with Crippen LogP contribution in [0.1, 0.15) is 54.1 Å². The zero-order valence-corrected chi connectivity index (χ0v) is 23.2. The van der Waals surface area contributed by atoms with E-state index in [4.69, 9.17) is 15.7 Å². The van der Waals surface area contributed by atoms with Gasteiger partial charge in [-0.15, -0.1) is 5.11 Å². The Hall–Kier alpha value is -4.63. The highest BCUT2D eigenvalue weighted by Gasteiger charge is 2.24. The molecule has 9 nitrogen and oxygen atoms in total. The van der Waals surface area contributed by atoms with Gasteiger partial charge in [0.25, 0.3) is 11.8 Å². The van der Waals surface area contributed by atoms with Crippen LogP contribution >= 0.6 is 0 Å². The minimum atomic E-state index is -0.252. The molecule has 1 saturated heterocycles. The zero-order valence-electron chi connectivity index (χ0n) is 23.2. The molecule has 0 radical (unpaired) electrons. The number of carbonyl (C=O) groups is 2. The van der Waals surface area contributed by atoms with Crippen molar-refractivity contribution in [3.63, 3.8) is 0 Å². The second-order valence-corrected chi connectivity index (χ2v) is 10.1. The number of aliphatic imine (C=N–C) groups is 1. The molecule has 3 aromatic rings. The summed E-state index contributed by atoms with van der Waals surface area (Å²) in [6.45, 7) is 4.36. The average Bonchev–Trinajstić information content (AvgIpc) is 3.48. The molecule has 0 spiro atoms. The van der Waals surface area contributed by atoms with E-state index < -0.39 is 0 Å². The quantitative estimate of drug-likeness (QED) is 0.207. The third-order valence-corrected chi connectivity index (χ3v) is 7.15. The standard InChI is InChI=1S/C32H34N6O3/c1-2-16-38(41-22-23-8-4-3-5-9-23)32(40)28-19-27-15-14-26(20-29(27)34-30(21-28)35-36-33)24-10-12-25(13-11-24)31(39)37-17-6-7-18-37/h3-5,8-15,19-20H,2,6-7,16-18,21-22H2,1H3,(H2,33,34,35). The van der Waals surface area contributed by atoms with Crippen LogP contribution in [0.2, 0.25) is 0 Å². The number of rotatable bonds is 8. The molecule has 2 N–H and O–H groups in total. The fraction of sp³-hybridized carbons (Fsp3) is 0.281. The van der Waals surface area contributed by atoms with Crippen LogP contribution in [0.15, 0.2) is 93.7 Å². The van der Waals surface area contributed by atoms with Crippen molar-refractivity contribution in [2.45, 2.75) is 39.2 Å². The van der Waals surface area contributed by atoms with Crippen LogP contribution < -0.4 is 5.84 Å². The largest absolute Gasteiger partial charge is 0.339 e. The molecule has 9 heteroatoms. The van der Waals surface area contributed by atoms with Crippen LogP contribution in [0.5, 0.6) is 0 Å². The molecule has 3 aromatic carbocycles.